The lowest BCUT2D eigenvalue weighted by Crippen LogP contribution is -1.99. The molecular weight excluding hydrogens is 230 g/mol. The summed E-state index contributed by atoms with van der Waals surface area (Å²) in [5, 5.41) is 4.15. The van der Waals surface area contributed by atoms with Crippen LogP contribution in [0.5, 0.6) is 5.75 Å². The lowest BCUT2D eigenvalue weighted by Gasteiger charge is -2.01. The van der Waals surface area contributed by atoms with Crippen LogP contribution in [-0.4, -0.2) is 32.6 Å². The zero-order chi connectivity index (χ0) is 11.0. The average Bonchev–Trinajstić information content (AvgIpc) is 2.47. The zero-order valence-electron chi connectivity index (χ0n) is 10.2. The fourth-order valence-corrected chi connectivity index (χ4v) is 1.47. The summed E-state index contributed by atoms with van der Waals surface area (Å²) in [5.74, 6) is 1.05. The average molecular weight is 252 g/mol. The number of halogens is 1. The van der Waals surface area contributed by atoms with E-state index in [0.717, 1.165) is 18.8 Å². The maximum atomic E-state index is 5.44. The fraction of sp³-hybridized carbons (Fsp3) is 0.636. The van der Waals surface area contributed by atoms with Gasteiger partial charge in [-0.3, -0.25) is 0 Å². The number of thiophene rings is 1. The third kappa shape index (κ3) is 10.0. The van der Waals surface area contributed by atoms with Crippen LogP contribution < -0.4 is 4.74 Å². The van der Waals surface area contributed by atoms with Gasteiger partial charge in [-0.25, -0.2) is 0 Å². The third-order valence-corrected chi connectivity index (χ3v) is 2.11. The van der Waals surface area contributed by atoms with E-state index in [4.69, 9.17) is 4.74 Å². The summed E-state index contributed by atoms with van der Waals surface area (Å²) in [6.07, 6.45) is 1.08. The minimum atomic E-state index is 0. The normalized spacial score (nSPS) is 8.93. The van der Waals surface area contributed by atoms with Crippen molar-refractivity contribution >= 4 is 23.7 Å². The van der Waals surface area contributed by atoms with Crippen LogP contribution in [0.15, 0.2) is 10.8 Å². The number of nitrogens with zero attached hydrogens (tertiary/aromatic N) is 1. The van der Waals surface area contributed by atoms with E-state index in [9.17, 15) is 0 Å². The number of hydrogen-bond acceptors (Lipinski definition) is 3. The van der Waals surface area contributed by atoms with Crippen LogP contribution >= 0.6 is 23.7 Å². The van der Waals surface area contributed by atoms with Crippen LogP contribution in [0.1, 0.15) is 18.9 Å². The first kappa shape index (κ1) is 17.2. The van der Waals surface area contributed by atoms with Crippen LogP contribution in [0.25, 0.3) is 0 Å². The van der Waals surface area contributed by atoms with E-state index >= 15 is 0 Å². The molecular formula is C11H22ClNOS. The Labute approximate surface area is 104 Å². The summed E-state index contributed by atoms with van der Waals surface area (Å²) in [6.45, 7) is 5.01. The van der Waals surface area contributed by atoms with Gasteiger partial charge in [0.2, 0.25) is 0 Å². The molecule has 0 amide bonds. The lowest BCUT2D eigenvalue weighted by molar-refractivity contribution is 0.317. The van der Waals surface area contributed by atoms with Gasteiger partial charge in [0, 0.05) is 10.9 Å². The van der Waals surface area contributed by atoms with E-state index in [0.29, 0.717) is 0 Å². The Hall–Kier alpha value is -0.250. The quantitative estimate of drug-likeness (QED) is 0.816. The molecule has 1 rings (SSSR count). The summed E-state index contributed by atoms with van der Waals surface area (Å²) in [6, 6.07) is 0. The van der Waals surface area contributed by atoms with E-state index in [1.54, 1.807) is 11.3 Å². The number of hydrogen-bond donors (Lipinski definition) is 0. The summed E-state index contributed by atoms with van der Waals surface area (Å²) < 4.78 is 5.44. The van der Waals surface area contributed by atoms with Crippen molar-refractivity contribution < 1.29 is 4.74 Å². The zero-order valence-corrected chi connectivity index (χ0v) is 11.9. The van der Waals surface area contributed by atoms with Crippen molar-refractivity contribution in [3.63, 3.8) is 0 Å². The highest BCUT2D eigenvalue weighted by Gasteiger charge is 1.97. The van der Waals surface area contributed by atoms with Crippen LogP contribution in [0.2, 0.25) is 0 Å². The van der Waals surface area contributed by atoms with Gasteiger partial charge < -0.3 is 9.64 Å². The first-order valence-electron chi connectivity index (χ1n) is 4.84. The van der Waals surface area contributed by atoms with Crippen molar-refractivity contribution in [1.29, 1.82) is 0 Å². The van der Waals surface area contributed by atoms with E-state index in [-0.39, 0.29) is 12.4 Å². The molecule has 0 atom stereocenters. The summed E-state index contributed by atoms with van der Waals surface area (Å²) in [4.78, 5) is 2.00. The van der Waals surface area contributed by atoms with Gasteiger partial charge >= 0.3 is 0 Å². The minimum Gasteiger partial charge on any atom is -0.492 e. The molecule has 0 unspecified atom stereocenters. The highest BCUT2D eigenvalue weighted by atomic mass is 35.5. The molecule has 1 heterocycles. The maximum Gasteiger partial charge on any atom is 0.132 e. The largest absolute Gasteiger partial charge is 0.492 e. The second-order valence-corrected chi connectivity index (χ2v) is 4.35. The predicted octanol–water partition coefficient (Wildman–Crippen LogP) is 3.44. The molecule has 1 aromatic rings. The molecule has 0 aliphatic carbocycles. The molecule has 2 nitrogen and oxygen atoms in total. The standard InChI is InChI=1S/C8H12OS.C3H9N.ClH/c1-3-4-9-8-6-10-5-7(8)2;1-4(2)3;/h5-6H,3-4H2,1-2H3;1-3H3;1H. The molecule has 0 N–H and O–H groups in total. The molecule has 4 heteroatoms. The molecule has 15 heavy (non-hydrogen) atoms. The molecule has 1 aromatic heterocycles. The van der Waals surface area contributed by atoms with Gasteiger partial charge in [-0.05, 0) is 39.9 Å². The molecule has 0 saturated heterocycles. The van der Waals surface area contributed by atoms with E-state index < -0.39 is 0 Å². The highest BCUT2D eigenvalue weighted by molar-refractivity contribution is 7.08. The molecule has 0 bridgehead atoms. The molecule has 0 aromatic carbocycles. The summed E-state index contributed by atoms with van der Waals surface area (Å²) >= 11 is 1.69. The Morgan fingerprint density at radius 1 is 1.27 bits per heavy atom. The van der Waals surface area contributed by atoms with Gasteiger partial charge in [0.15, 0.2) is 0 Å². The second-order valence-electron chi connectivity index (χ2n) is 3.61. The predicted molar refractivity (Wildman–Crippen MR) is 71.7 cm³/mol. The van der Waals surface area contributed by atoms with Gasteiger partial charge in [0.05, 0.1) is 6.61 Å². The second kappa shape index (κ2) is 10.3. The monoisotopic (exact) mass is 251 g/mol. The molecule has 0 aliphatic rings. The Morgan fingerprint density at radius 2 is 1.80 bits per heavy atom. The molecule has 0 fully saturated rings. The molecule has 0 aliphatic heterocycles. The highest BCUT2D eigenvalue weighted by Crippen LogP contribution is 2.21. The van der Waals surface area contributed by atoms with Crippen LogP contribution in [0.3, 0.4) is 0 Å². The van der Waals surface area contributed by atoms with Crippen molar-refractivity contribution in [2.45, 2.75) is 20.3 Å². The van der Waals surface area contributed by atoms with Gasteiger partial charge in [-0.2, -0.15) is 0 Å². The van der Waals surface area contributed by atoms with E-state index in [2.05, 4.69) is 19.2 Å². The lowest BCUT2D eigenvalue weighted by atomic mass is 10.4. The van der Waals surface area contributed by atoms with Gasteiger partial charge in [0.1, 0.15) is 5.75 Å². The first-order chi connectivity index (χ1) is 6.57. The van der Waals surface area contributed by atoms with Crippen molar-refractivity contribution in [3.8, 4) is 5.75 Å². The molecule has 0 radical (unpaired) electrons. The summed E-state index contributed by atoms with van der Waals surface area (Å²) in [5.41, 5.74) is 1.25. The Morgan fingerprint density at radius 3 is 2.13 bits per heavy atom. The SMILES string of the molecule is CCCOc1cscc1C.CN(C)C.Cl. The Kier molecular flexibility index (Phi) is 11.7. The van der Waals surface area contributed by atoms with Crippen molar-refractivity contribution in [2.24, 2.45) is 0 Å². The molecule has 90 valence electrons. The number of aryl methyl sites for hydroxylation is 1. The van der Waals surface area contributed by atoms with Gasteiger partial charge in [-0.15, -0.1) is 23.7 Å². The smallest absolute Gasteiger partial charge is 0.132 e. The van der Waals surface area contributed by atoms with Crippen LogP contribution in [0, 0.1) is 6.92 Å². The van der Waals surface area contributed by atoms with E-state index in [1.165, 1.54) is 5.56 Å². The minimum absolute atomic E-state index is 0. The maximum absolute atomic E-state index is 5.44. The van der Waals surface area contributed by atoms with E-state index in [1.807, 2.05) is 31.4 Å². The van der Waals surface area contributed by atoms with Crippen molar-refractivity contribution in [2.75, 3.05) is 27.7 Å². The van der Waals surface area contributed by atoms with Crippen molar-refractivity contribution in [1.82, 2.24) is 4.90 Å². The Bertz CT molecular complexity index is 235. The third-order valence-electron chi connectivity index (χ3n) is 1.27. The van der Waals surface area contributed by atoms with Crippen molar-refractivity contribution in [3.05, 3.63) is 16.3 Å². The van der Waals surface area contributed by atoms with Crippen LogP contribution in [0.4, 0.5) is 0 Å². The summed E-state index contributed by atoms with van der Waals surface area (Å²) in [7, 11) is 6.00. The first-order valence-corrected chi connectivity index (χ1v) is 5.78. The van der Waals surface area contributed by atoms with Gasteiger partial charge in [-0.1, -0.05) is 6.92 Å². The molecule has 0 saturated carbocycles. The number of rotatable bonds is 3. The number of ether oxygens (including phenoxy) is 1. The Balaban J connectivity index is 0. The van der Waals surface area contributed by atoms with Crippen LogP contribution in [-0.2, 0) is 0 Å². The molecule has 0 spiro atoms. The fourth-order valence-electron chi connectivity index (χ4n) is 0.709. The topological polar surface area (TPSA) is 12.5 Å². The van der Waals surface area contributed by atoms with Gasteiger partial charge in [0.25, 0.3) is 0 Å².